The lowest BCUT2D eigenvalue weighted by molar-refractivity contribution is -0.141. The highest BCUT2D eigenvalue weighted by molar-refractivity contribution is 5.82. The topological polar surface area (TPSA) is 52.7 Å². The van der Waals surface area contributed by atoms with Crippen molar-refractivity contribution in [2.75, 3.05) is 19.6 Å². The van der Waals surface area contributed by atoms with Gasteiger partial charge in [-0.3, -0.25) is 4.79 Å². The van der Waals surface area contributed by atoms with Crippen LogP contribution in [0.25, 0.3) is 0 Å². The van der Waals surface area contributed by atoms with Crippen LogP contribution in [0.15, 0.2) is 24.3 Å². The molecule has 6 heteroatoms. The fourth-order valence-electron chi connectivity index (χ4n) is 4.34. The zero-order valence-electron chi connectivity index (χ0n) is 15.0. The van der Waals surface area contributed by atoms with E-state index in [1.54, 1.807) is 17.0 Å². The molecule has 1 saturated carbocycles. The lowest BCUT2D eigenvalue weighted by Crippen LogP contribution is -2.50. The third-order valence-corrected chi connectivity index (χ3v) is 6.09. The highest BCUT2D eigenvalue weighted by atomic mass is 19.1. The van der Waals surface area contributed by atoms with Gasteiger partial charge in [0.1, 0.15) is 5.82 Å². The lowest BCUT2D eigenvalue weighted by Gasteiger charge is -2.40. The van der Waals surface area contributed by atoms with Gasteiger partial charge in [-0.15, -0.1) is 0 Å². The Hall–Kier alpha value is -2.11. The van der Waals surface area contributed by atoms with Gasteiger partial charge < -0.3 is 15.1 Å². The van der Waals surface area contributed by atoms with Crippen LogP contribution in [0.1, 0.15) is 37.7 Å². The van der Waals surface area contributed by atoms with Gasteiger partial charge in [-0.25, -0.2) is 9.18 Å². The molecule has 5 rings (SSSR count). The van der Waals surface area contributed by atoms with Crippen LogP contribution in [0.2, 0.25) is 0 Å². The normalized spacial score (nSPS) is 25.8. The summed E-state index contributed by atoms with van der Waals surface area (Å²) in [7, 11) is 0. The lowest BCUT2D eigenvalue weighted by atomic mass is 9.83. The van der Waals surface area contributed by atoms with Crippen molar-refractivity contribution in [1.82, 2.24) is 15.1 Å². The third-order valence-electron chi connectivity index (χ3n) is 6.09. The van der Waals surface area contributed by atoms with Gasteiger partial charge in [0.05, 0.1) is 5.92 Å². The molecule has 2 bridgehead atoms. The van der Waals surface area contributed by atoms with Crippen LogP contribution in [0, 0.1) is 17.7 Å². The number of halogens is 1. The smallest absolute Gasteiger partial charge is 0.317 e. The van der Waals surface area contributed by atoms with Gasteiger partial charge in [-0.05, 0) is 49.3 Å². The first-order chi connectivity index (χ1) is 12.6. The number of amides is 3. The molecule has 3 amide bonds. The van der Waals surface area contributed by atoms with Crippen LogP contribution in [0.4, 0.5) is 9.18 Å². The Bertz CT molecular complexity index is 691. The van der Waals surface area contributed by atoms with Crippen molar-refractivity contribution in [1.29, 1.82) is 0 Å². The average Bonchev–Trinajstić information content (AvgIpc) is 2.88. The second-order valence-electron chi connectivity index (χ2n) is 7.91. The summed E-state index contributed by atoms with van der Waals surface area (Å²) >= 11 is 0. The molecule has 1 N–H and O–H groups in total. The molecule has 2 atom stereocenters. The van der Waals surface area contributed by atoms with Crippen LogP contribution in [0.3, 0.4) is 0 Å². The first-order valence-corrected chi connectivity index (χ1v) is 9.68. The van der Waals surface area contributed by atoms with Crippen molar-refractivity contribution in [3.8, 4) is 0 Å². The Morgan fingerprint density at radius 1 is 1.19 bits per heavy atom. The van der Waals surface area contributed by atoms with Gasteiger partial charge in [0.25, 0.3) is 0 Å². The molecule has 5 nitrogen and oxygen atoms in total. The molecule has 1 aliphatic carbocycles. The number of fused-ring (bicyclic) bond motifs is 4. The van der Waals surface area contributed by atoms with E-state index in [4.69, 9.17) is 0 Å². The van der Waals surface area contributed by atoms with Crippen molar-refractivity contribution < 1.29 is 14.0 Å². The molecular weight excluding hydrogens is 333 g/mol. The molecule has 3 saturated heterocycles. The number of urea groups is 1. The number of rotatable bonds is 4. The maximum atomic E-state index is 13.3. The van der Waals surface area contributed by atoms with E-state index < -0.39 is 0 Å². The van der Waals surface area contributed by atoms with Crippen LogP contribution in [-0.4, -0.2) is 47.4 Å². The van der Waals surface area contributed by atoms with E-state index in [-0.39, 0.29) is 29.7 Å². The van der Waals surface area contributed by atoms with Crippen molar-refractivity contribution in [3.05, 3.63) is 35.6 Å². The van der Waals surface area contributed by atoms with E-state index >= 15 is 0 Å². The molecule has 3 aliphatic heterocycles. The first kappa shape index (κ1) is 17.3. The molecule has 1 aromatic rings. The zero-order valence-corrected chi connectivity index (χ0v) is 15.0. The Morgan fingerprint density at radius 2 is 2.04 bits per heavy atom. The number of benzene rings is 1. The Kier molecular flexibility index (Phi) is 4.83. The second-order valence-corrected chi connectivity index (χ2v) is 7.91. The summed E-state index contributed by atoms with van der Waals surface area (Å²) in [6.45, 7) is 2.25. The number of nitrogens with zero attached hydrogens (tertiary/aromatic N) is 2. The molecule has 0 aromatic heterocycles. The summed E-state index contributed by atoms with van der Waals surface area (Å²) in [6.07, 6.45) is 5.57. The molecule has 0 spiro atoms. The van der Waals surface area contributed by atoms with Gasteiger partial charge in [0, 0.05) is 32.2 Å². The summed E-state index contributed by atoms with van der Waals surface area (Å²) in [6, 6.07) is 6.22. The molecule has 0 radical (unpaired) electrons. The van der Waals surface area contributed by atoms with Crippen LogP contribution >= 0.6 is 0 Å². The first-order valence-electron chi connectivity index (χ1n) is 9.68. The summed E-state index contributed by atoms with van der Waals surface area (Å²) in [5, 5.41) is 2.88. The molecule has 1 aromatic carbocycles. The van der Waals surface area contributed by atoms with Gasteiger partial charge >= 0.3 is 6.03 Å². The van der Waals surface area contributed by atoms with Crippen molar-refractivity contribution in [2.24, 2.45) is 11.8 Å². The van der Waals surface area contributed by atoms with E-state index in [9.17, 15) is 14.0 Å². The standard InChI is InChI=1S/C20H26FN3O2/c21-17-6-2-5-15(9-17)10-22-20(26)23-12-16-7-8-18(13-23)24(19(16)25)11-14-3-1-4-14/h2,5-6,9,14,16,18H,1,3-4,7-8,10-13H2,(H,22,26)/t16-,18+/m1/s1. The molecule has 0 unspecified atom stereocenters. The van der Waals surface area contributed by atoms with E-state index in [0.717, 1.165) is 24.9 Å². The Balaban J connectivity index is 1.38. The zero-order chi connectivity index (χ0) is 18.1. The summed E-state index contributed by atoms with van der Waals surface area (Å²) < 4.78 is 13.3. The molecule has 3 heterocycles. The molecule has 140 valence electrons. The summed E-state index contributed by atoms with van der Waals surface area (Å²) in [5.41, 5.74) is 0.735. The van der Waals surface area contributed by atoms with Gasteiger partial charge in [0.15, 0.2) is 0 Å². The number of nitrogens with one attached hydrogen (secondary N) is 1. The summed E-state index contributed by atoms with van der Waals surface area (Å²) in [4.78, 5) is 29.2. The predicted molar refractivity (Wildman–Crippen MR) is 95.8 cm³/mol. The number of carbonyl (C=O) groups is 2. The fraction of sp³-hybridized carbons (Fsp3) is 0.600. The van der Waals surface area contributed by atoms with Gasteiger partial charge in [-0.2, -0.15) is 0 Å². The number of hydrogen-bond acceptors (Lipinski definition) is 2. The predicted octanol–water partition coefficient (Wildman–Crippen LogP) is 2.76. The highest BCUT2D eigenvalue weighted by Crippen LogP contribution is 2.33. The number of hydrogen-bond donors (Lipinski definition) is 1. The van der Waals surface area contributed by atoms with E-state index in [0.29, 0.717) is 25.6 Å². The van der Waals surface area contributed by atoms with Gasteiger partial charge in [0.2, 0.25) is 5.91 Å². The quantitative estimate of drug-likeness (QED) is 0.899. The minimum absolute atomic E-state index is 0.0752. The van der Waals surface area contributed by atoms with Crippen LogP contribution in [-0.2, 0) is 11.3 Å². The molecular formula is C20H26FN3O2. The molecule has 26 heavy (non-hydrogen) atoms. The van der Waals surface area contributed by atoms with E-state index in [1.165, 1.54) is 31.4 Å². The van der Waals surface area contributed by atoms with Crippen molar-refractivity contribution >= 4 is 11.9 Å². The Labute approximate surface area is 153 Å². The molecule has 4 fully saturated rings. The fourth-order valence-corrected chi connectivity index (χ4v) is 4.34. The minimum atomic E-state index is -0.304. The maximum absolute atomic E-state index is 13.3. The third kappa shape index (κ3) is 3.55. The number of carbonyl (C=O) groups excluding carboxylic acids is 2. The molecule has 4 aliphatic rings. The maximum Gasteiger partial charge on any atom is 0.317 e. The van der Waals surface area contributed by atoms with E-state index in [2.05, 4.69) is 10.2 Å². The van der Waals surface area contributed by atoms with Crippen molar-refractivity contribution in [2.45, 2.75) is 44.7 Å². The van der Waals surface area contributed by atoms with Crippen LogP contribution in [0.5, 0.6) is 0 Å². The highest BCUT2D eigenvalue weighted by Gasteiger charge is 2.42. The average molecular weight is 359 g/mol. The summed E-state index contributed by atoms with van der Waals surface area (Å²) in [5.74, 6) is 0.498. The van der Waals surface area contributed by atoms with Gasteiger partial charge in [-0.1, -0.05) is 18.6 Å². The van der Waals surface area contributed by atoms with Crippen LogP contribution < -0.4 is 5.32 Å². The van der Waals surface area contributed by atoms with Crippen molar-refractivity contribution in [3.63, 3.8) is 0 Å². The number of piperidine rings is 1. The Morgan fingerprint density at radius 3 is 2.77 bits per heavy atom. The minimum Gasteiger partial charge on any atom is -0.337 e. The second kappa shape index (κ2) is 7.25. The SMILES string of the molecule is O=C(NCc1cccc(F)c1)N1C[C@H]2CC[C@@H](C1)N(CC1CCC1)C2=O. The monoisotopic (exact) mass is 359 g/mol. The largest absolute Gasteiger partial charge is 0.337 e. The van der Waals surface area contributed by atoms with E-state index in [1.807, 2.05) is 0 Å².